The summed E-state index contributed by atoms with van der Waals surface area (Å²) in [6, 6.07) is 0. The van der Waals surface area contributed by atoms with Crippen molar-refractivity contribution < 1.29 is 15.0 Å². The van der Waals surface area contributed by atoms with Gasteiger partial charge in [-0.25, -0.2) is 4.79 Å². The predicted molar refractivity (Wildman–Crippen MR) is 52.0 cm³/mol. The monoisotopic (exact) mass is 198 g/mol. The number of hydrogen-bond acceptors (Lipinski definition) is 2. The standard InChI is InChI=1S/C11H18O3/c12-9(13)11(14)7-5-10(6-8-11)3-1-2-4-10/h14H,1-8H2,(H,12,13). The summed E-state index contributed by atoms with van der Waals surface area (Å²) in [7, 11) is 0. The van der Waals surface area contributed by atoms with Crippen LogP contribution >= 0.6 is 0 Å². The van der Waals surface area contributed by atoms with Crippen LogP contribution in [0.3, 0.4) is 0 Å². The molecule has 2 rings (SSSR count). The third kappa shape index (κ3) is 1.54. The average Bonchev–Trinajstić information content (AvgIpc) is 2.60. The SMILES string of the molecule is O=C(O)C1(O)CCC2(CCCC2)CC1. The number of rotatable bonds is 1. The Morgan fingerprint density at radius 3 is 1.86 bits per heavy atom. The number of carbonyl (C=O) groups is 1. The highest BCUT2D eigenvalue weighted by Gasteiger charge is 2.46. The van der Waals surface area contributed by atoms with Crippen molar-refractivity contribution in [1.29, 1.82) is 0 Å². The first-order valence-electron chi connectivity index (χ1n) is 5.52. The van der Waals surface area contributed by atoms with Gasteiger partial charge in [0.25, 0.3) is 0 Å². The molecule has 0 atom stereocenters. The molecule has 2 aliphatic rings. The van der Waals surface area contributed by atoms with Crippen molar-refractivity contribution in [3.05, 3.63) is 0 Å². The quantitative estimate of drug-likeness (QED) is 0.677. The van der Waals surface area contributed by atoms with Crippen LogP contribution in [-0.2, 0) is 4.79 Å². The molecule has 2 saturated carbocycles. The van der Waals surface area contributed by atoms with E-state index in [0.717, 1.165) is 12.8 Å². The second kappa shape index (κ2) is 3.23. The number of aliphatic carboxylic acids is 1. The Labute approximate surface area is 84.1 Å². The maximum Gasteiger partial charge on any atom is 0.335 e. The van der Waals surface area contributed by atoms with Crippen LogP contribution in [0.25, 0.3) is 0 Å². The fourth-order valence-electron chi connectivity index (χ4n) is 3.03. The van der Waals surface area contributed by atoms with E-state index in [2.05, 4.69) is 0 Å². The van der Waals surface area contributed by atoms with Crippen molar-refractivity contribution >= 4 is 5.97 Å². The number of carboxylic acids is 1. The van der Waals surface area contributed by atoms with E-state index in [1.807, 2.05) is 0 Å². The van der Waals surface area contributed by atoms with E-state index >= 15 is 0 Å². The fraction of sp³-hybridized carbons (Fsp3) is 0.909. The molecule has 0 aromatic carbocycles. The van der Waals surface area contributed by atoms with Crippen molar-refractivity contribution in [2.24, 2.45) is 5.41 Å². The second-order valence-corrected chi connectivity index (χ2v) is 5.04. The van der Waals surface area contributed by atoms with E-state index < -0.39 is 11.6 Å². The maximum atomic E-state index is 10.8. The first kappa shape index (κ1) is 9.97. The van der Waals surface area contributed by atoms with E-state index in [-0.39, 0.29) is 0 Å². The lowest BCUT2D eigenvalue weighted by Crippen LogP contribution is -2.44. The minimum Gasteiger partial charge on any atom is -0.479 e. The first-order chi connectivity index (χ1) is 6.56. The van der Waals surface area contributed by atoms with Crippen molar-refractivity contribution in [1.82, 2.24) is 0 Å². The molecule has 0 bridgehead atoms. The van der Waals surface area contributed by atoms with Gasteiger partial charge in [0, 0.05) is 0 Å². The molecule has 0 unspecified atom stereocenters. The molecule has 0 heterocycles. The molecule has 0 amide bonds. The summed E-state index contributed by atoms with van der Waals surface area (Å²) in [5.41, 5.74) is -1.03. The summed E-state index contributed by atoms with van der Waals surface area (Å²) in [6.45, 7) is 0. The molecule has 2 fully saturated rings. The summed E-state index contributed by atoms with van der Waals surface area (Å²) in [5, 5.41) is 18.7. The molecule has 14 heavy (non-hydrogen) atoms. The molecule has 0 aliphatic heterocycles. The Hall–Kier alpha value is -0.570. The van der Waals surface area contributed by atoms with E-state index in [0.29, 0.717) is 18.3 Å². The van der Waals surface area contributed by atoms with Gasteiger partial charge in [-0.2, -0.15) is 0 Å². The van der Waals surface area contributed by atoms with E-state index in [4.69, 9.17) is 5.11 Å². The van der Waals surface area contributed by atoms with Gasteiger partial charge in [-0.3, -0.25) is 0 Å². The topological polar surface area (TPSA) is 57.5 Å². The molecule has 2 N–H and O–H groups in total. The van der Waals surface area contributed by atoms with Crippen LogP contribution in [0.4, 0.5) is 0 Å². The van der Waals surface area contributed by atoms with Gasteiger partial charge in [-0.1, -0.05) is 12.8 Å². The van der Waals surface area contributed by atoms with E-state index in [1.165, 1.54) is 25.7 Å². The van der Waals surface area contributed by atoms with Gasteiger partial charge in [0.05, 0.1) is 0 Å². The fourth-order valence-corrected chi connectivity index (χ4v) is 3.03. The summed E-state index contributed by atoms with van der Waals surface area (Å²) in [5.74, 6) is -1.04. The molecule has 80 valence electrons. The van der Waals surface area contributed by atoms with Gasteiger partial charge in [-0.15, -0.1) is 0 Å². The van der Waals surface area contributed by atoms with Crippen LogP contribution in [0.15, 0.2) is 0 Å². The van der Waals surface area contributed by atoms with Gasteiger partial charge >= 0.3 is 5.97 Å². The summed E-state index contributed by atoms with van der Waals surface area (Å²) >= 11 is 0. The van der Waals surface area contributed by atoms with Crippen molar-refractivity contribution in [2.45, 2.75) is 57.0 Å². The van der Waals surface area contributed by atoms with Crippen LogP contribution in [0, 0.1) is 5.41 Å². The molecule has 1 spiro atoms. The Balaban J connectivity index is 2.01. The molecule has 2 aliphatic carbocycles. The normalized spacial score (nSPS) is 29.2. The molecule has 0 aromatic heterocycles. The number of aliphatic hydroxyl groups is 1. The smallest absolute Gasteiger partial charge is 0.335 e. The van der Waals surface area contributed by atoms with Gasteiger partial charge in [0.1, 0.15) is 0 Å². The minimum atomic E-state index is -1.42. The lowest BCUT2D eigenvalue weighted by atomic mass is 9.68. The van der Waals surface area contributed by atoms with Crippen LogP contribution in [0.5, 0.6) is 0 Å². The van der Waals surface area contributed by atoms with Gasteiger partial charge in [0.2, 0.25) is 0 Å². The maximum absolute atomic E-state index is 10.8. The highest BCUT2D eigenvalue weighted by atomic mass is 16.4. The summed E-state index contributed by atoms with van der Waals surface area (Å²) < 4.78 is 0. The van der Waals surface area contributed by atoms with Crippen LogP contribution in [0.2, 0.25) is 0 Å². The largest absolute Gasteiger partial charge is 0.479 e. The highest BCUT2D eigenvalue weighted by molar-refractivity contribution is 5.77. The summed E-state index contributed by atoms with van der Waals surface area (Å²) in [6.07, 6.45) is 7.73. The zero-order valence-electron chi connectivity index (χ0n) is 8.46. The average molecular weight is 198 g/mol. The van der Waals surface area contributed by atoms with E-state index in [1.54, 1.807) is 0 Å². The molecular formula is C11H18O3. The Bertz CT molecular complexity index is 231. The third-order valence-electron chi connectivity index (χ3n) is 4.20. The van der Waals surface area contributed by atoms with Gasteiger partial charge < -0.3 is 10.2 Å². The lowest BCUT2D eigenvalue weighted by molar-refractivity contribution is -0.164. The zero-order chi connectivity index (χ0) is 10.2. The molecule has 3 heteroatoms. The van der Waals surface area contributed by atoms with Crippen molar-refractivity contribution in [2.75, 3.05) is 0 Å². The zero-order valence-corrected chi connectivity index (χ0v) is 8.46. The Morgan fingerprint density at radius 1 is 0.929 bits per heavy atom. The van der Waals surface area contributed by atoms with Gasteiger partial charge in [0.15, 0.2) is 5.60 Å². The number of carboxylic acid groups (broad SMARTS) is 1. The van der Waals surface area contributed by atoms with Crippen LogP contribution in [0.1, 0.15) is 51.4 Å². The van der Waals surface area contributed by atoms with Crippen LogP contribution < -0.4 is 0 Å². The molecule has 0 radical (unpaired) electrons. The second-order valence-electron chi connectivity index (χ2n) is 5.04. The predicted octanol–water partition coefficient (Wildman–Crippen LogP) is 1.94. The summed E-state index contributed by atoms with van der Waals surface area (Å²) in [4.78, 5) is 10.8. The first-order valence-corrected chi connectivity index (χ1v) is 5.52. The Morgan fingerprint density at radius 2 is 1.43 bits per heavy atom. The van der Waals surface area contributed by atoms with E-state index in [9.17, 15) is 9.90 Å². The number of hydrogen-bond donors (Lipinski definition) is 2. The third-order valence-corrected chi connectivity index (χ3v) is 4.20. The van der Waals surface area contributed by atoms with Crippen molar-refractivity contribution in [3.63, 3.8) is 0 Å². The van der Waals surface area contributed by atoms with Crippen molar-refractivity contribution in [3.8, 4) is 0 Å². The van der Waals surface area contributed by atoms with Gasteiger partial charge in [-0.05, 0) is 43.9 Å². The lowest BCUT2D eigenvalue weighted by Gasteiger charge is -2.39. The molecule has 3 nitrogen and oxygen atoms in total. The molecule has 0 saturated heterocycles. The van der Waals surface area contributed by atoms with Crippen LogP contribution in [-0.4, -0.2) is 21.8 Å². The Kier molecular flexibility index (Phi) is 2.30. The molecule has 0 aromatic rings. The molecular weight excluding hydrogens is 180 g/mol. The highest BCUT2D eigenvalue weighted by Crippen LogP contribution is 2.51. The minimum absolute atomic E-state index is 0.391.